The molecule has 1 amide bonds. The molecule has 0 aliphatic heterocycles. The van der Waals surface area contributed by atoms with E-state index in [1.54, 1.807) is 0 Å². The molecule has 1 aromatic rings. The van der Waals surface area contributed by atoms with Gasteiger partial charge in [-0.3, -0.25) is 9.59 Å². The van der Waals surface area contributed by atoms with Crippen molar-refractivity contribution in [3.63, 3.8) is 0 Å². The van der Waals surface area contributed by atoms with E-state index in [1.165, 1.54) is 32.1 Å². The third kappa shape index (κ3) is 3.65. The van der Waals surface area contributed by atoms with Crippen molar-refractivity contribution in [3.8, 4) is 0 Å². The molecule has 3 heteroatoms. The minimum absolute atomic E-state index is 0.0494. The van der Waals surface area contributed by atoms with Gasteiger partial charge in [-0.2, -0.15) is 0 Å². The van der Waals surface area contributed by atoms with Crippen molar-refractivity contribution < 1.29 is 9.59 Å². The van der Waals surface area contributed by atoms with Gasteiger partial charge in [-0.1, -0.05) is 50.5 Å². The molecule has 1 saturated carbocycles. The Morgan fingerprint density at radius 3 is 2.70 bits per heavy atom. The molecule has 3 nitrogen and oxygen atoms in total. The van der Waals surface area contributed by atoms with Crippen LogP contribution < -0.4 is 5.32 Å². The minimum atomic E-state index is -0.237. The third-order valence-corrected chi connectivity index (χ3v) is 5.65. The van der Waals surface area contributed by atoms with Crippen LogP contribution in [0.5, 0.6) is 0 Å². The molecule has 0 bridgehead atoms. The van der Waals surface area contributed by atoms with Crippen LogP contribution in [0, 0.1) is 17.8 Å². The van der Waals surface area contributed by atoms with Crippen molar-refractivity contribution in [3.05, 3.63) is 35.4 Å². The first-order chi connectivity index (χ1) is 11.2. The highest BCUT2D eigenvalue weighted by Gasteiger charge is 2.34. The SMILES string of the molecule is CC(C(=O)NCC1CCCCC1)C1CCc2ccccc2C1=O. The van der Waals surface area contributed by atoms with Crippen LogP contribution in [-0.2, 0) is 11.2 Å². The molecule has 2 aliphatic carbocycles. The maximum absolute atomic E-state index is 12.7. The van der Waals surface area contributed by atoms with E-state index >= 15 is 0 Å². The summed E-state index contributed by atoms with van der Waals surface area (Å²) >= 11 is 0. The number of carbonyl (C=O) groups excluding carboxylic acids is 2. The summed E-state index contributed by atoms with van der Waals surface area (Å²) in [5.74, 6) is 0.416. The number of nitrogens with one attached hydrogen (secondary N) is 1. The lowest BCUT2D eigenvalue weighted by Crippen LogP contribution is -2.40. The summed E-state index contributed by atoms with van der Waals surface area (Å²) in [6.45, 7) is 2.69. The fraction of sp³-hybridized carbons (Fsp3) is 0.600. The summed E-state index contributed by atoms with van der Waals surface area (Å²) in [7, 11) is 0. The zero-order valence-corrected chi connectivity index (χ0v) is 14.0. The lowest BCUT2D eigenvalue weighted by Gasteiger charge is -2.28. The molecule has 124 valence electrons. The van der Waals surface area contributed by atoms with Gasteiger partial charge in [0.25, 0.3) is 0 Å². The van der Waals surface area contributed by atoms with Crippen molar-refractivity contribution in [2.24, 2.45) is 17.8 Å². The topological polar surface area (TPSA) is 46.2 Å². The lowest BCUT2D eigenvalue weighted by atomic mass is 9.76. The maximum atomic E-state index is 12.7. The van der Waals surface area contributed by atoms with E-state index in [-0.39, 0.29) is 23.5 Å². The Labute approximate surface area is 138 Å². The van der Waals surface area contributed by atoms with Crippen molar-refractivity contribution in [1.82, 2.24) is 5.32 Å². The third-order valence-electron chi connectivity index (χ3n) is 5.65. The Morgan fingerprint density at radius 2 is 1.91 bits per heavy atom. The average molecular weight is 313 g/mol. The van der Waals surface area contributed by atoms with Crippen LogP contribution >= 0.6 is 0 Å². The molecule has 0 saturated heterocycles. The fourth-order valence-electron chi connectivity index (χ4n) is 4.08. The highest BCUT2D eigenvalue weighted by Crippen LogP contribution is 2.30. The normalized spacial score (nSPS) is 23.2. The van der Waals surface area contributed by atoms with Gasteiger partial charge in [-0.05, 0) is 37.2 Å². The van der Waals surface area contributed by atoms with E-state index in [9.17, 15) is 9.59 Å². The first-order valence-electron chi connectivity index (χ1n) is 9.06. The van der Waals surface area contributed by atoms with Crippen molar-refractivity contribution in [1.29, 1.82) is 0 Å². The van der Waals surface area contributed by atoms with Gasteiger partial charge in [0.15, 0.2) is 5.78 Å². The van der Waals surface area contributed by atoms with Crippen LogP contribution in [0.4, 0.5) is 0 Å². The van der Waals surface area contributed by atoms with Gasteiger partial charge in [0.05, 0.1) is 0 Å². The van der Waals surface area contributed by atoms with E-state index in [1.807, 2.05) is 31.2 Å². The summed E-state index contributed by atoms with van der Waals surface area (Å²) < 4.78 is 0. The monoisotopic (exact) mass is 313 g/mol. The summed E-state index contributed by atoms with van der Waals surface area (Å²) in [6, 6.07) is 7.81. The van der Waals surface area contributed by atoms with Gasteiger partial charge in [0.2, 0.25) is 5.91 Å². The number of rotatable bonds is 4. The number of benzene rings is 1. The predicted octanol–water partition coefficient (Wildman–Crippen LogP) is 3.76. The molecular formula is C20H27NO2. The van der Waals surface area contributed by atoms with E-state index < -0.39 is 0 Å². The first-order valence-corrected chi connectivity index (χ1v) is 9.06. The van der Waals surface area contributed by atoms with E-state index in [2.05, 4.69) is 5.32 Å². The maximum Gasteiger partial charge on any atom is 0.223 e. The minimum Gasteiger partial charge on any atom is -0.356 e. The molecule has 1 aromatic carbocycles. The molecule has 23 heavy (non-hydrogen) atoms. The Balaban J connectivity index is 1.58. The van der Waals surface area contributed by atoms with Gasteiger partial charge >= 0.3 is 0 Å². The summed E-state index contributed by atoms with van der Waals surface area (Å²) in [4.78, 5) is 25.2. The van der Waals surface area contributed by atoms with Gasteiger partial charge in [-0.15, -0.1) is 0 Å². The second-order valence-corrected chi connectivity index (χ2v) is 7.20. The van der Waals surface area contributed by atoms with Crippen molar-refractivity contribution in [2.75, 3.05) is 6.54 Å². The summed E-state index contributed by atoms with van der Waals surface area (Å²) in [5, 5.41) is 3.10. The van der Waals surface area contributed by atoms with Gasteiger partial charge < -0.3 is 5.32 Å². The molecular weight excluding hydrogens is 286 g/mol. The predicted molar refractivity (Wildman–Crippen MR) is 91.3 cm³/mol. The van der Waals surface area contributed by atoms with Crippen LogP contribution in [0.15, 0.2) is 24.3 Å². The molecule has 0 aromatic heterocycles. The summed E-state index contributed by atoms with van der Waals surface area (Å²) in [5.41, 5.74) is 1.94. The highest BCUT2D eigenvalue weighted by molar-refractivity contribution is 6.02. The quantitative estimate of drug-likeness (QED) is 0.920. The second kappa shape index (κ2) is 7.29. The molecule has 2 atom stereocenters. The average Bonchev–Trinajstić information content (AvgIpc) is 2.60. The van der Waals surface area contributed by atoms with Gasteiger partial charge in [-0.25, -0.2) is 0 Å². The van der Waals surface area contributed by atoms with E-state index in [0.717, 1.165) is 30.5 Å². The Hall–Kier alpha value is -1.64. The number of carbonyl (C=O) groups is 2. The van der Waals surface area contributed by atoms with Gasteiger partial charge in [0.1, 0.15) is 0 Å². The number of hydrogen-bond acceptors (Lipinski definition) is 2. The smallest absolute Gasteiger partial charge is 0.223 e. The standard InChI is InChI=1S/C20H27NO2/c1-14(20(23)21-13-15-7-3-2-4-8-15)17-12-11-16-9-5-6-10-18(16)19(17)22/h5-6,9-10,14-15,17H,2-4,7-8,11-13H2,1H3,(H,21,23). The largest absolute Gasteiger partial charge is 0.356 e. The van der Waals surface area contributed by atoms with Crippen LogP contribution in [0.25, 0.3) is 0 Å². The first kappa shape index (κ1) is 16.2. The highest BCUT2D eigenvalue weighted by atomic mass is 16.2. The van der Waals surface area contributed by atoms with Crippen molar-refractivity contribution >= 4 is 11.7 Å². The Bertz CT molecular complexity index is 575. The zero-order chi connectivity index (χ0) is 16.2. The number of amides is 1. The van der Waals surface area contributed by atoms with Crippen LogP contribution in [0.1, 0.15) is 61.4 Å². The number of hydrogen-bond donors (Lipinski definition) is 1. The number of fused-ring (bicyclic) bond motifs is 1. The Kier molecular flexibility index (Phi) is 5.14. The van der Waals surface area contributed by atoms with Crippen LogP contribution in [0.3, 0.4) is 0 Å². The molecule has 2 unspecified atom stereocenters. The van der Waals surface area contributed by atoms with E-state index in [0.29, 0.717) is 5.92 Å². The number of aryl methyl sites for hydroxylation is 1. The summed E-state index contributed by atoms with van der Waals surface area (Å²) in [6.07, 6.45) is 8.04. The van der Waals surface area contributed by atoms with Crippen molar-refractivity contribution in [2.45, 2.75) is 51.9 Å². The van der Waals surface area contributed by atoms with Crippen LogP contribution in [0.2, 0.25) is 0 Å². The molecule has 3 rings (SSSR count). The van der Waals surface area contributed by atoms with E-state index in [4.69, 9.17) is 0 Å². The number of Topliss-reactive ketones (excluding diaryl/α,β-unsaturated/α-hetero) is 1. The zero-order valence-electron chi connectivity index (χ0n) is 14.0. The van der Waals surface area contributed by atoms with Gasteiger partial charge in [0, 0.05) is 23.9 Å². The molecule has 0 radical (unpaired) electrons. The lowest BCUT2D eigenvalue weighted by molar-refractivity contribution is -0.126. The fourth-order valence-corrected chi connectivity index (χ4v) is 4.08. The molecule has 0 spiro atoms. The second-order valence-electron chi connectivity index (χ2n) is 7.20. The number of ketones is 1. The molecule has 1 fully saturated rings. The molecule has 1 N–H and O–H groups in total. The molecule has 2 aliphatic rings. The molecule has 0 heterocycles. The Morgan fingerprint density at radius 1 is 1.17 bits per heavy atom. The van der Waals surface area contributed by atoms with Crippen LogP contribution in [-0.4, -0.2) is 18.2 Å².